The summed E-state index contributed by atoms with van der Waals surface area (Å²) < 4.78 is 0. The number of rotatable bonds is 5. The number of aromatic hydroxyl groups is 1. The van der Waals surface area contributed by atoms with Crippen LogP contribution in [-0.2, 0) is 17.8 Å². The number of phenolic OH excluding ortho intramolecular Hbond substituents is 1. The number of nitrogens with one attached hydrogen (secondary N) is 1. The summed E-state index contributed by atoms with van der Waals surface area (Å²) in [4.78, 5) is 11.1. The summed E-state index contributed by atoms with van der Waals surface area (Å²) in [5.41, 5.74) is 2.78. The van der Waals surface area contributed by atoms with E-state index in [9.17, 15) is 9.90 Å². The second-order valence-electron chi connectivity index (χ2n) is 4.95. The molecule has 0 fully saturated rings. The molecule has 98 valence electrons. The molecule has 0 aliphatic heterocycles. The maximum atomic E-state index is 11.1. The minimum Gasteiger partial charge on any atom is -0.507 e. The van der Waals surface area contributed by atoms with Gasteiger partial charge in [-0.15, -0.1) is 0 Å². The van der Waals surface area contributed by atoms with Crippen molar-refractivity contribution in [3.05, 3.63) is 41.5 Å². The first kappa shape index (κ1) is 14.3. The third-order valence-corrected chi connectivity index (χ3v) is 2.68. The number of amides is 1. The van der Waals surface area contributed by atoms with Crippen LogP contribution in [0.1, 0.15) is 30.5 Å². The van der Waals surface area contributed by atoms with Crippen molar-refractivity contribution in [2.75, 3.05) is 0 Å². The van der Waals surface area contributed by atoms with Gasteiger partial charge >= 0.3 is 0 Å². The molecular formula is C15H21NO2. The van der Waals surface area contributed by atoms with Gasteiger partial charge in [0.25, 0.3) is 0 Å². The van der Waals surface area contributed by atoms with Crippen LogP contribution in [-0.4, -0.2) is 11.0 Å². The molecule has 3 heteroatoms. The molecule has 3 nitrogen and oxygen atoms in total. The first-order valence-corrected chi connectivity index (χ1v) is 6.15. The predicted octanol–water partition coefficient (Wildman–Crippen LogP) is 2.70. The van der Waals surface area contributed by atoms with Crippen LogP contribution in [0.2, 0.25) is 0 Å². The first-order valence-electron chi connectivity index (χ1n) is 6.15. The molecule has 1 aromatic carbocycles. The van der Waals surface area contributed by atoms with Gasteiger partial charge in [0, 0.05) is 12.1 Å². The maximum Gasteiger partial charge on any atom is 0.243 e. The standard InChI is InChI=1S/C15H21NO2/c1-5-14(17)16-9-13-8-11(4)7-12(15(13)18)6-10(2)3/h5,7-8,10,18H,1,6,9H2,2-4H3,(H,16,17). The van der Waals surface area contributed by atoms with E-state index in [1.807, 2.05) is 19.1 Å². The molecule has 2 N–H and O–H groups in total. The van der Waals surface area contributed by atoms with Crippen molar-refractivity contribution < 1.29 is 9.90 Å². The average molecular weight is 247 g/mol. The van der Waals surface area contributed by atoms with Gasteiger partial charge in [-0.25, -0.2) is 0 Å². The lowest BCUT2D eigenvalue weighted by molar-refractivity contribution is -0.116. The van der Waals surface area contributed by atoms with E-state index in [0.717, 1.165) is 23.1 Å². The topological polar surface area (TPSA) is 49.3 Å². The van der Waals surface area contributed by atoms with Gasteiger partial charge in [0.05, 0.1) is 0 Å². The molecule has 0 radical (unpaired) electrons. The summed E-state index contributed by atoms with van der Waals surface area (Å²) in [5.74, 6) is 0.535. The molecule has 0 atom stereocenters. The fourth-order valence-electron chi connectivity index (χ4n) is 1.92. The molecule has 0 saturated heterocycles. The molecule has 0 aliphatic carbocycles. The highest BCUT2D eigenvalue weighted by molar-refractivity contribution is 5.86. The molecular weight excluding hydrogens is 226 g/mol. The van der Waals surface area contributed by atoms with Gasteiger partial charge in [-0.05, 0) is 30.9 Å². The highest BCUT2D eigenvalue weighted by atomic mass is 16.3. The summed E-state index contributed by atoms with van der Waals surface area (Å²) in [5, 5.41) is 12.9. The van der Waals surface area contributed by atoms with E-state index in [4.69, 9.17) is 0 Å². The quantitative estimate of drug-likeness (QED) is 0.786. The summed E-state index contributed by atoms with van der Waals surface area (Å²) >= 11 is 0. The Balaban J connectivity index is 2.93. The number of carbonyl (C=O) groups excluding carboxylic acids is 1. The van der Waals surface area contributed by atoms with Crippen LogP contribution < -0.4 is 5.32 Å². The smallest absolute Gasteiger partial charge is 0.243 e. The van der Waals surface area contributed by atoms with Crippen molar-refractivity contribution in [3.8, 4) is 5.75 Å². The molecule has 18 heavy (non-hydrogen) atoms. The third kappa shape index (κ3) is 3.91. The lowest BCUT2D eigenvalue weighted by Gasteiger charge is -2.13. The second-order valence-corrected chi connectivity index (χ2v) is 4.95. The van der Waals surface area contributed by atoms with Crippen molar-refractivity contribution in [2.24, 2.45) is 5.92 Å². The lowest BCUT2D eigenvalue weighted by atomic mass is 9.97. The Morgan fingerprint density at radius 3 is 2.61 bits per heavy atom. The maximum absolute atomic E-state index is 11.1. The minimum atomic E-state index is -0.235. The number of hydrogen-bond donors (Lipinski definition) is 2. The zero-order valence-corrected chi connectivity index (χ0v) is 11.3. The molecule has 0 bridgehead atoms. The first-order chi connectivity index (χ1) is 8.43. The van der Waals surface area contributed by atoms with Crippen molar-refractivity contribution >= 4 is 5.91 Å². The van der Waals surface area contributed by atoms with E-state index in [1.165, 1.54) is 6.08 Å². The summed E-state index contributed by atoms with van der Waals surface area (Å²) in [6.45, 7) is 9.93. The van der Waals surface area contributed by atoms with Crippen LogP contribution in [0.3, 0.4) is 0 Å². The van der Waals surface area contributed by atoms with Crippen molar-refractivity contribution in [2.45, 2.75) is 33.7 Å². The fraction of sp³-hybridized carbons (Fsp3) is 0.400. The van der Waals surface area contributed by atoms with Crippen LogP contribution in [0.25, 0.3) is 0 Å². The lowest BCUT2D eigenvalue weighted by Crippen LogP contribution is -2.20. The van der Waals surface area contributed by atoms with E-state index in [0.29, 0.717) is 18.2 Å². The SMILES string of the molecule is C=CC(=O)NCc1cc(C)cc(CC(C)C)c1O. The van der Waals surface area contributed by atoms with Gasteiger partial charge in [-0.1, -0.05) is 38.1 Å². The number of hydrogen-bond acceptors (Lipinski definition) is 2. The Morgan fingerprint density at radius 1 is 1.44 bits per heavy atom. The number of benzene rings is 1. The van der Waals surface area contributed by atoms with E-state index >= 15 is 0 Å². The fourth-order valence-corrected chi connectivity index (χ4v) is 1.92. The Labute approximate surface area is 109 Å². The number of carbonyl (C=O) groups is 1. The molecule has 1 amide bonds. The highest BCUT2D eigenvalue weighted by Gasteiger charge is 2.10. The van der Waals surface area contributed by atoms with E-state index in [1.54, 1.807) is 0 Å². The molecule has 0 spiro atoms. The van der Waals surface area contributed by atoms with Gasteiger partial charge in [-0.3, -0.25) is 4.79 Å². The van der Waals surface area contributed by atoms with Gasteiger partial charge in [0.15, 0.2) is 0 Å². The van der Waals surface area contributed by atoms with Gasteiger partial charge < -0.3 is 10.4 Å². The van der Waals surface area contributed by atoms with Gasteiger partial charge in [0.2, 0.25) is 5.91 Å². The monoisotopic (exact) mass is 247 g/mol. The minimum absolute atomic E-state index is 0.235. The van der Waals surface area contributed by atoms with E-state index in [-0.39, 0.29) is 5.91 Å². The normalized spacial score (nSPS) is 10.4. The Hall–Kier alpha value is -1.77. The molecule has 0 aromatic heterocycles. The van der Waals surface area contributed by atoms with E-state index < -0.39 is 0 Å². The third-order valence-electron chi connectivity index (χ3n) is 2.68. The molecule has 1 aromatic rings. The number of aryl methyl sites for hydroxylation is 1. The summed E-state index contributed by atoms with van der Waals surface area (Å²) in [7, 11) is 0. The predicted molar refractivity (Wildman–Crippen MR) is 73.4 cm³/mol. The zero-order valence-electron chi connectivity index (χ0n) is 11.3. The average Bonchev–Trinajstić information content (AvgIpc) is 2.30. The molecule has 1 rings (SSSR count). The molecule has 0 aliphatic rings. The Morgan fingerprint density at radius 2 is 2.06 bits per heavy atom. The highest BCUT2D eigenvalue weighted by Crippen LogP contribution is 2.26. The van der Waals surface area contributed by atoms with E-state index in [2.05, 4.69) is 25.7 Å². The molecule has 0 unspecified atom stereocenters. The van der Waals surface area contributed by atoms with Crippen molar-refractivity contribution in [1.29, 1.82) is 0 Å². The Kier molecular flexibility index (Phi) is 4.95. The largest absolute Gasteiger partial charge is 0.507 e. The van der Waals surface area contributed by atoms with Gasteiger partial charge in [-0.2, -0.15) is 0 Å². The second kappa shape index (κ2) is 6.24. The van der Waals surface area contributed by atoms with Crippen molar-refractivity contribution in [3.63, 3.8) is 0 Å². The molecule has 0 saturated carbocycles. The van der Waals surface area contributed by atoms with Crippen LogP contribution in [0.5, 0.6) is 5.75 Å². The van der Waals surface area contributed by atoms with Crippen LogP contribution in [0, 0.1) is 12.8 Å². The van der Waals surface area contributed by atoms with Crippen molar-refractivity contribution in [1.82, 2.24) is 5.32 Å². The Bertz CT molecular complexity index is 450. The van der Waals surface area contributed by atoms with Crippen LogP contribution in [0.15, 0.2) is 24.8 Å². The van der Waals surface area contributed by atoms with Gasteiger partial charge in [0.1, 0.15) is 5.75 Å². The molecule has 0 heterocycles. The zero-order chi connectivity index (χ0) is 13.7. The number of phenols is 1. The van der Waals surface area contributed by atoms with Crippen LogP contribution >= 0.6 is 0 Å². The van der Waals surface area contributed by atoms with Crippen LogP contribution in [0.4, 0.5) is 0 Å². The summed E-state index contributed by atoms with van der Waals surface area (Å²) in [6, 6.07) is 3.89. The summed E-state index contributed by atoms with van der Waals surface area (Å²) in [6.07, 6.45) is 2.05.